The second kappa shape index (κ2) is 6.39. The Bertz CT molecular complexity index is 121. The highest BCUT2D eigenvalue weighted by atomic mass is 15.1. The van der Waals surface area contributed by atoms with Gasteiger partial charge in [-0.2, -0.15) is 0 Å². The number of hydrogen-bond acceptors (Lipinski definition) is 2. The molecule has 78 valence electrons. The molecular formula is C11H24N2. The second-order valence-electron chi connectivity index (χ2n) is 4.13. The number of nitrogens with one attached hydrogen (secondary N) is 1. The molecule has 13 heavy (non-hydrogen) atoms. The van der Waals surface area contributed by atoms with Crippen molar-refractivity contribution in [2.45, 2.75) is 45.1 Å². The molecule has 0 heterocycles. The molecule has 1 saturated carbocycles. The van der Waals surface area contributed by atoms with E-state index in [-0.39, 0.29) is 0 Å². The molecular weight excluding hydrogens is 160 g/mol. The molecule has 1 N–H and O–H groups in total. The lowest BCUT2D eigenvalue weighted by Gasteiger charge is -2.14. The van der Waals surface area contributed by atoms with Crippen LogP contribution in [0.15, 0.2) is 0 Å². The maximum Gasteiger partial charge on any atom is 0.00933 e. The lowest BCUT2D eigenvalue weighted by molar-refractivity contribution is 0.314. The van der Waals surface area contributed by atoms with Crippen molar-refractivity contribution in [1.29, 1.82) is 0 Å². The minimum absolute atomic E-state index is 0.939. The highest BCUT2D eigenvalue weighted by Gasteiger charge is 2.25. The van der Waals surface area contributed by atoms with E-state index in [1.165, 1.54) is 45.2 Å². The Morgan fingerprint density at radius 3 is 2.62 bits per heavy atom. The Morgan fingerprint density at radius 2 is 2.00 bits per heavy atom. The van der Waals surface area contributed by atoms with Gasteiger partial charge in [-0.1, -0.05) is 13.3 Å². The fraction of sp³-hybridized carbons (Fsp3) is 1.00. The van der Waals surface area contributed by atoms with E-state index >= 15 is 0 Å². The second-order valence-corrected chi connectivity index (χ2v) is 4.13. The average Bonchev–Trinajstić information content (AvgIpc) is 2.93. The van der Waals surface area contributed by atoms with Crippen LogP contribution in [0, 0.1) is 0 Å². The van der Waals surface area contributed by atoms with Crippen molar-refractivity contribution in [1.82, 2.24) is 10.2 Å². The van der Waals surface area contributed by atoms with Crippen LogP contribution in [0.1, 0.15) is 39.0 Å². The molecule has 0 aromatic heterocycles. The molecule has 2 nitrogen and oxygen atoms in total. The van der Waals surface area contributed by atoms with Crippen LogP contribution in [0.25, 0.3) is 0 Å². The summed E-state index contributed by atoms with van der Waals surface area (Å²) in [7, 11) is 2.27. The molecule has 1 rings (SSSR count). The van der Waals surface area contributed by atoms with Gasteiger partial charge < -0.3 is 10.2 Å². The molecule has 0 aliphatic heterocycles. The van der Waals surface area contributed by atoms with Crippen molar-refractivity contribution < 1.29 is 0 Å². The van der Waals surface area contributed by atoms with E-state index in [9.17, 15) is 0 Å². The third-order valence-corrected chi connectivity index (χ3v) is 2.78. The smallest absolute Gasteiger partial charge is 0.00933 e. The van der Waals surface area contributed by atoms with Gasteiger partial charge >= 0.3 is 0 Å². The predicted molar refractivity (Wildman–Crippen MR) is 58.0 cm³/mol. The van der Waals surface area contributed by atoms with Gasteiger partial charge in [0.1, 0.15) is 0 Å². The van der Waals surface area contributed by atoms with E-state index < -0.39 is 0 Å². The van der Waals surface area contributed by atoms with Crippen LogP contribution < -0.4 is 5.32 Å². The molecule has 0 radical (unpaired) electrons. The number of hydrogen-bond donors (Lipinski definition) is 1. The van der Waals surface area contributed by atoms with E-state index in [0.29, 0.717) is 0 Å². The molecule has 0 aromatic carbocycles. The Balaban J connectivity index is 1.77. The van der Waals surface area contributed by atoms with Gasteiger partial charge in [-0.25, -0.2) is 0 Å². The first-order valence-electron chi connectivity index (χ1n) is 5.75. The molecule has 1 aliphatic rings. The maximum atomic E-state index is 3.36. The lowest BCUT2D eigenvalue weighted by Crippen LogP contribution is -2.22. The van der Waals surface area contributed by atoms with Crippen molar-refractivity contribution >= 4 is 0 Å². The van der Waals surface area contributed by atoms with Crippen LogP contribution in [0.2, 0.25) is 0 Å². The number of nitrogens with zero attached hydrogens (tertiary/aromatic N) is 1. The van der Waals surface area contributed by atoms with Gasteiger partial charge in [-0.3, -0.25) is 0 Å². The zero-order valence-corrected chi connectivity index (χ0v) is 9.18. The zero-order chi connectivity index (χ0) is 9.52. The molecule has 0 unspecified atom stereocenters. The van der Waals surface area contributed by atoms with Crippen molar-refractivity contribution in [3.63, 3.8) is 0 Å². The standard InChI is InChI=1S/C11H24N2/c1-3-12-9-5-4-6-10-13(2)11-7-8-11/h11-12H,3-10H2,1-2H3. The summed E-state index contributed by atoms with van der Waals surface area (Å²) in [5, 5.41) is 3.36. The summed E-state index contributed by atoms with van der Waals surface area (Å²) in [6.07, 6.45) is 6.97. The third kappa shape index (κ3) is 5.27. The Labute approximate surface area is 82.7 Å². The van der Waals surface area contributed by atoms with Gasteiger partial charge in [0, 0.05) is 6.04 Å². The van der Waals surface area contributed by atoms with E-state index in [0.717, 1.165) is 12.6 Å². The van der Waals surface area contributed by atoms with Crippen molar-refractivity contribution in [2.75, 3.05) is 26.7 Å². The largest absolute Gasteiger partial charge is 0.317 e. The molecule has 1 aliphatic carbocycles. The predicted octanol–water partition coefficient (Wildman–Crippen LogP) is 1.86. The van der Waals surface area contributed by atoms with Gasteiger partial charge in [-0.15, -0.1) is 0 Å². The first-order chi connectivity index (χ1) is 6.34. The summed E-state index contributed by atoms with van der Waals surface area (Å²) in [5.74, 6) is 0. The van der Waals surface area contributed by atoms with Crippen LogP contribution in [-0.4, -0.2) is 37.6 Å². The quantitative estimate of drug-likeness (QED) is 0.579. The van der Waals surface area contributed by atoms with Crippen LogP contribution in [0.3, 0.4) is 0 Å². The van der Waals surface area contributed by atoms with E-state index in [4.69, 9.17) is 0 Å². The molecule has 0 bridgehead atoms. The van der Waals surface area contributed by atoms with Crippen LogP contribution in [0.4, 0.5) is 0 Å². The maximum absolute atomic E-state index is 3.36. The summed E-state index contributed by atoms with van der Waals surface area (Å²) in [4.78, 5) is 2.52. The molecule has 0 saturated heterocycles. The van der Waals surface area contributed by atoms with E-state index in [2.05, 4.69) is 24.2 Å². The summed E-state index contributed by atoms with van der Waals surface area (Å²) in [6, 6.07) is 0.939. The monoisotopic (exact) mass is 184 g/mol. The van der Waals surface area contributed by atoms with E-state index in [1.807, 2.05) is 0 Å². The lowest BCUT2D eigenvalue weighted by atomic mass is 10.2. The van der Waals surface area contributed by atoms with Crippen molar-refractivity contribution in [3.8, 4) is 0 Å². The Hall–Kier alpha value is -0.0800. The van der Waals surface area contributed by atoms with Gasteiger partial charge in [-0.05, 0) is 52.4 Å². The van der Waals surface area contributed by atoms with Gasteiger partial charge in [0.05, 0.1) is 0 Å². The Kier molecular flexibility index (Phi) is 5.40. The fourth-order valence-electron chi connectivity index (χ4n) is 1.66. The van der Waals surface area contributed by atoms with Gasteiger partial charge in [0.25, 0.3) is 0 Å². The fourth-order valence-corrected chi connectivity index (χ4v) is 1.66. The van der Waals surface area contributed by atoms with Crippen LogP contribution in [-0.2, 0) is 0 Å². The molecule has 0 aromatic rings. The SMILES string of the molecule is CCNCCCCCN(C)C1CC1. The number of rotatable bonds is 8. The van der Waals surface area contributed by atoms with Crippen LogP contribution >= 0.6 is 0 Å². The topological polar surface area (TPSA) is 15.3 Å². The minimum atomic E-state index is 0.939. The number of unbranched alkanes of at least 4 members (excludes halogenated alkanes) is 2. The third-order valence-electron chi connectivity index (χ3n) is 2.78. The van der Waals surface area contributed by atoms with Crippen molar-refractivity contribution in [2.24, 2.45) is 0 Å². The molecule has 2 heteroatoms. The van der Waals surface area contributed by atoms with Gasteiger partial charge in [0.2, 0.25) is 0 Å². The normalized spacial score (nSPS) is 16.8. The molecule has 1 fully saturated rings. The van der Waals surface area contributed by atoms with Crippen molar-refractivity contribution in [3.05, 3.63) is 0 Å². The summed E-state index contributed by atoms with van der Waals surface area (Å²) in [6.45, 7) is 5.78. The first kappa shape index (κ1) is 11.0. The Morgan fingerprint density at radius 1 is 1.23 bits per heavy atom. The summed E-state index contributed by atoms with van der Waals surface area (Å²) >= 11 is 0. The van der Waals surface area contributed by atoms with Crippen LogP contribution in [0.5, 0.6) is 0 Å². The molecule has 0 amide bonds. The summed E-state index contributed by atoms with van der Waals surface area (Å²) in [5.41, 5.74) is 0. The van der Waals surface area contributed by atoms with Gasteiger partial charge in [0.15, 0.2) is 0 Å². The molecule has 0 spiro atoms. The first-order valence-corrected chi connectivity index (χ1v) is 5.75. The summed E-state index contributed by atoms with van der Waals surface area (Å²) < 4.78 is 0. The molecule has 0 atom stereocenters. The van der Waals surface area contributed by atoms with E-state index in [1.54, 1.807) is 0 Å². The zero-order valence-electron chi connectivity index (χ0n) is 9.18. The minimum Gasteiger partial charge on any atom is -0.317 e. The highest BCUT2D eigenvalue weighted by Crippen LogP contribution is 2.25. The average molecular weight is 184 g/mol. The highest BCUT2D eigenvalue weighted by molar-refractivity contribution is 4.81.